The standard InChI is InChI=1S/C14H20ClN3O2S/c1-4-16-14(21)18-17-9-10-7-12(19-5-2)13(20-6-3)8-11(10)15/h7-9H,4-6H2,1-3H3,(H2,16,18,21)/b17-9-. The SMILES string of the molecule is CCNC(=S)N/N=C\c1cc(OCC)c(OCC)cc1Cl. The van der Waals surface area contributed by atoms with E-state index in [1.807, 2.05) is 20.8 Å². The Hall–Kier alpha value is -1.53. The predicted molar refractivity (Wildman–Crippen MR) is 90.8 cm³/mol. The molecule has 1 aromatic rings. The highest BCUT2D eigenvalue weighted by Gasteiger charge is 2.09. The van der Waals surface area contributed by atoms with Gasteiger partial charge in [-0.2, -0.15) is 5.10 Å². The fraction of sp³-hybridized carbons (Fsp3) is 0.429. The van der Waals surface area contributed by atoms with Gasteiger partial charge in [-0.05, 0) is 39.1 Å². The normalized spacial score (nSPS) is 10.5. The third-order valence-corrected chi connectivity index (χ3v) is 2.93. The molecular formula is C14H20ClN3O2S. The number of ether oxygens (including phenoxy) is 2. The van der Waals surface area contributed by atoms with Crippen LogP contribution in [0.5, 0.6) is 11.5 Å². The number of nitrogens with zero attached hydrogens (tertiary/aromatic N) is 1. The third kappa shape index (κ3) is 5.77. The van der Waals surface area contributed by atoms with Gasteiger partial charge in [-0.1, -0.05) is 11.6 Å². The largest absolute Gasteiger partial charge is 0.490 e. The van der Waals surface area contributed by atoms with Crippen molar-refractivity contribution in [2.45, 2.75) is 20.8 Å². The van der Waals surface area contributed by atoms with Gasteiger partial charge >= 0.3 is 0 Å². The van der Waals surface area contributed by atoms with Crippen molar-refractivity contribution in [3.8, 4) is 11.5 Å². The van der Waals surface area contributed by atoms with Crippen molar-refractivity contribution >= 4 is 35.1 Å². The number of benzene rings is 1. The first-order valence-electron chi connectivity index (χ1n) is 6.78. The predicted octanol–water partition coefficient (Wildman–Crippen LogP) is 2.96. The van der Waals surface area contributed by atoms with Crippen molar-refractivity contribution in [2.75, 3.05) is 19.8 Å². The number of thiocarbonyl (C=S) groups is 1. The lowest BCUT2D eigenvalue weighted by molar-refractivity contribution is 0.288. The first-order chi connectivity index (χ1) is 10.1. The van der Waals surface area contributed by atoms with Crippen molar-refractivity contribution in [1.29, 1.82) is 0 Å². The van der Waals surface area contributed by atoms with Crippen LogP contribution in [0, 0.1) is 0 Å². The molecule has 2 N–H and O–H groups in total. The van der Waals surface area contributed by atoms with E-state index in [9.17, 15) is 0 Å². The average molecular weight is 330 g/mol. The Labute approximate surface area is 135 Å². The van der Waals surface area contributed by atoms with Crippen LogP contribution in [-0.4, -0.2) is 31.1 Å². The molecule has 0 spiro atoms. The van der Waals surface area contributed by atoms with Crippen molar-refractivity contribution in [2.24, 2.45) is 5.10 Å². The van der Waals surface area contributed by atoms with Gasteiger partial charge in [0, 0.05) is 18.2 Å². The lowest BCUT2D eigenvalue weighted by Crippen LogP contribution is -2.31. The highest BCUT2D eigenvalue weighted by atomic mass is 35.5. The highest BCUT2D eigenvalue weighted by molar-refractivity contribution is 7.80. The smallest absolute Gasteiger partial charge is 0.186 e. The first-order valence-corrected chi connectivity index (χ1v) is 7.56. The summed E-state index contributed by atoms with van der Waals surface area (Å²) in [4.78, 5) is 0. The Kier molecular flexibility index (Phi) is 7.85. The van der Waals surface area contributed by atoms with Crippen LogP contribution in [0.2, 0.25) is 5.02 Å². The summed E-state index contributed by atoms with van der Waals surface area (Å²) in [7, 11) is 0. The number of rotatable bonds is 7. The van der Waals surface area contributed by atoms with Gasteiger partial charge in [-0.3, -0.25) is 5.43 Å². The van der Waals surface area contributed by atoms with Crippen molar-refractivity contribution in [3.05, 3.63) is 22.7 Å². The van der Waals surface area contributed by atoms with E-state index in [-0.39, 0.29) is 0 Å². The van der Waals surface area contributed by atoms with Crippen molar-refractivity contribution < 1.29 is 9.47 Å². The second-order valence-electron chi connectivity index (χ2n) is 3.92. The molecule has 21 heavy (non-hydrogen) atoms. The molecule has 1 aromatic carbocycles. The van der Waals surface area contributed by atoms with E-state index in [1.54, 1.807) is 18.3 Å². The van der Waals surface area contributed by atoms with E-state index in [2.05, 4.69) is 15.8 Å². The lowest BCUT2D eigenvalue weighted by Gasteiger charge is -2.12. The molecule has 0 atom stereocenters. The van der Waals surface area contributed by atoms with E-state index in [1.165, 1.54) is 0 Å². The highest BCUT2D eigenvalue weighted by Crippen LogP contribution is 2.32. The van der Waals surface area contributed by atoms with E-state index >= 15 is 0 Å². The third-order valence-electron chi connectivity index (χ3n) is 2.37. The fourth-order valence-corrected chi connectivity index (χ4v) is 1.95. The molecule has 0 aromatic heterocycles. The van der Waals surface area contributed by atoms with Gasteiger partial charge in [0.15, 0.2) is 16.6 Å². The Bertz CT molecular complexity index is 509. The van der Waals surface area contributed by atoms with Crippen molar-refractivity contribution in [3.63, 3.8) is 0 Å². The number of hydrogen-bond donors (Lipinski definition) is 2. The Morgan fingerprint density at radius 1 is 1.24 bits per heavy atom. The summed E-state index contributed by atoms with van der Waals surface area (Å²) in [6.07, 6.45) is 1.59. The van der Waals surface area contributed by atoms with Gasteiger partial charge in [0.25, 0.3) is 0 Å². The Morgan fingerprint density at radius 2 is 1.86 bits per heavy atom. The molecule has 0 heterocycles. The zero-order chi connectivity index (χ0) is 15.7. The van der Waals surface area contributed by atoms with Crippen LogP contribution in [0.3, 0.4) is 0 Å². The molecule has 0 saturated carbocycles. The Balaban J connectivity index is 2.89. The summed E-state index contributed by atoms with van der Waals surface area (Å²) in [5.74, 6) is 1.26. The summed E-state index contributed by atoms with van der Waals surface area (Å²) >= 11 is 11.2. The minimum absolute atomic E-state index is 0.459. The molecule has 0 radical (unpaired) electrons. The van der Waals surface area contributed by atoms with Gasteiger partial charge in [0.1, 0.15) is 0 Å². The minimum Gasteiger partial charge on any atom is -0.490 e. The molecule has 0 bridgehead atoms. The molecule has 0 fully saturated rings. The molecule has 0 aliphatic rings. The molecule has 0 unspecified atom stereocenters. The van der Waals surface area contributed by atoms with E-state index in [0.29, 0.717) is 34.8 Å². The first kappa shape index (κ1) is 17.5. The maximum atomic E-state index is 6.21. The summed E-state index contributed by atoms with van der Waals surface area (Å²) in [6, 6.07) is 3.51. The van der Waals surface area contributed by atoms with Gasteiger partial charge < -0.3 is 14.8 Å². The van der Waals surface area contributed by atoms with Crippen LogP contribution < -0.4 is 20.2 Å². The summed E-state index contributed by atoms with van der Waals surface area (Å²) in [5, 5.41) is 7.96. The van der Waals surface area contributed by atoms with E-state index in [4.69, 9.17) is 33.3 Å². The number of nitrogens with one attached hydrogen (secondary N) is 2. The maximum absolute atomic E-state index is 6.21. The molecule has 1 rings (SSSR count). The van der Waals surface area contributed by atoms with Crippen LogP contribution in [-0.2, 0) is 0 Å². The minimum atomic E-state index is 0.459. The molecule has 5 nitrogen and oxygen atoms in total. The molecule has 116 valence electrons. The van der Waals surface area contributed by atoms with Crippen LogP contribution in [0.25, 0.3) is 0 Å². The summed E-state index contributed by atoms with van der Waals surface area (Å²) < 4.78 is 11.0. The molecule has 0 aliphatic heterocycles. The zero-order valence-electron chi connectivity index (χ0n) is 12.4. The van der Waals surface area contributed by atoms with Crippen LogP contribution in [0.1, 0.15) is 26.3 Å². The van der Waals surface area contributed by atoms with Gasteiger partial charge in [0.05, 0.1) is 24.5 Å². The summed E-state index contributed by atoms with van der Waals surface area (Å²) in [5.41, 5.74) is 3.43. The lowest BCUT2D eigenvalue weighted by atomic mass is 10.2. The van der Waals surface area contributed by atoms with Crippen LogP contribution in [0.15, 0.2) is 17.2 Å². The van der Waals surface area contributed by atoms with Crippen LogP contribution in [0.4, 0.5) is 0 Å². The van der Waals surface area contributed by atoms with Gasteiger partial charge in [-0.15, -0.1) is 0 Å². The van der Waals surface area contributed by atoms with E-state index in [0.717, 1.165) is 12.1 Å². The van der Waals surface area contributed by atoms with E-state index < -0.39 is 0 Å². The quantitative estimate of drug-likeness (QED) is 0.457. The number of hydrazone groups is 1. The molecule has 0 saturated heterocycles. The molecule has 0 amide bonds. The monoisotopic (exact) mass is 329 g/mol. The molecule has 0 aliphatic carbocycles. The summed E-state index contributed by atoms with van der Waals surface area (Å²) in [6.45, 7) is 7.59. The van der Waals surface area contributed by atoms with Crippen LogP contribution >= 0.6 is 23.8 Å². The molecular weight excluding hydrogens is 310 g/mol. The van der Waals surface area contributed by atoms with Gasteiger partial charge in [-0.25, -0.2) is 0 Å². The Morgan fingerprint density at radius 3 is 2.43 bits per heavy atom. The second kappa shape index (κ2) is 9.41. The number of halogens is 1. The van der Waals surface area contributed by atoms with Gasteiger partial charge in [0.2, 0.25) is 0 Å². The topological polar surface area (TPSA) is 54.9 Å². The maximum Gasteiger partial charge on any atom is 0.186 e. The van der Waals surface area contributed by atoms with Crippen molar-refractivity contribution in [1.82, 2.24) is 10.7 Å². The molecule has 7 heteroatoms. The number of hydrogen-bond acceptors (Lipinski definition) is 4. The zero-order valence-corrected chi connectivity index (χ0v) is 14.0. The average Bonchev–Trinajstić information content (AvgIpc) is 2.44. The fourth-order valence-electron chi connectivity index (χ4n) is 1.55. The second-order valence-corrected chi connectivity index (χ2v) is 4.73.